The van der Waals surface area contributed by atoms with Crippen LogP contribution in [0.5, 0.6) is 5.75 Å². The molecule has 2 N–H and O–H groups in total. The predicted octanol–water partition coefficient (Wildman–Crippen LogP) is 0.638. The van der Waals surface area contributed by atoms with Crippen LogP contribution in [0.3, 0.4) is 0 Å². The molecule has 0 aromatic carbocycles. The highest BCUT2D eigenvalue weighted by Crippen LogP contribution is 2.19. The van der Waals surface area contributed by atoms with Gasteiger partial charge in [0.05, 0.1) is 7.11 Å². The zero-order valence-electron chi connectivity index (χ0n) is 8.91. The second-order valence-electron chi connectivity index (χ2n) is 2.90. The van der Waals surface area contributed by atoms with E-state index in [1.807, 2.05) is 6.07 Å². The highest BCUT2D eigenvalue weighted by atomic mass is 16.5. The first-order valence-electron chi connectivity index (χ1n) is 4.71. The molecule has 0 aliphatic heterocycles. The zero-order chi connectivity index (χ0) is 11.1. The van der Waals surface area contributed by atoms with Gasteiger partial charge in [-0.15, -0.1) is 0 Å². The molecule has 0 spiro atoms. The minimum Gasteiger partial charge on any atom is -0.493 e. The van der Waals surface area contributed by atoms with Crippen LogP contribution in [0.4, 0.5) is 5.82 Å². The van der Waals surface area contributed by atoms with Crippen LogP contribution in [0.25, 0.3) is 0 Å². The first-order valence-corrected chi connectivity index (χ1v) is 4.71. The standard InChI is InChI=1S/C10H15N3O2/c1-11-9(14)5-7-13-10-8(15-2)4-3-6-12-10/h3-4,6H,5,7H2,1-2H3,(H,11,14)(H,12,13). The van der Waals surface area contributed by atoms with Crippen LogP contribution in [0.2, 0.25) is 0 Å². The Morgan fingerprint density at radius 3 is 3.07 bits per heavy atom. The second kappa shape index (κ2) is 5.85. The molecule has 1 aromatic rings. The summed E-state index contributed by atoms with van der Waals surface area (Å²) < 4.78 is 5.10. The first-order chi connectivity index (χ1) is 7.27. The summed E-state index contributed by atoms with van der Waals surface area (Å²) in [6, 6.07) is 3.61. The lowest BCUT2D eigenvalue weighted by Gasteiger charge is -2.08. The lowest BCUT2D eigenvalue weighted by atomic mass is 10.3. The third-order valence-electron chi connectivity index (χ3n) is 1.91. The summed E-state index contributed by atoms with van der Waals surface area (Å²) in [6.45, 7) is 0.535. The number of rotatable bonds is 5. The number of hydrogen-bond acceptors (Lipinski definition) is 4. The number of ether oxygens (including phenoxy) is 1. The lowest BCUT2D eigenvalue weighted by molar-refractivity contribution is -0.120. The van der Waals surface area contributed by atoms with Gasteiger partial charge in [-0.05, 0) is 12.1 Å². The molecular weight excluding hydrogens is 194 g/mol. The summed E-state index contributed by atoms with van der Waals surface area (Å²) in [5.74, 6) is 1.33. The molecule has 0 saturated heterocycles. The number of aromatic nitrogens is 1. The Morgan fingerprint density at radius 2 is 2.40 bits per heavy atom. The lowest BCUT2D eigenvalue weighted by Crippen LogP contribution is -2.21. The Labute approximate surface area is 88.9 Å². The van der Waals surface area contributed by atoms with E-state index in [0.29, 0.717) is 24.5 Å². The van der Waals surface area contributed by atoms with Crippen molar-refractivity contribution in [3.8, 4) is 5.75 Å². The summed E-state index contributed by atoms with van der Waals surface area (Å²) in [7, 11) is 3.20. The van der Waals surface area contributed by atoms with Crippen LogP contribution in [0.1, 0.15) is 6.42 Å². The van der Waals surface area contributed by atoms with Crippen molar-refractivity contribution in [3.63, 3.8) is 0 Å². The van der Waals surface area contributed by atoms with Gasteiger partial charge >= 0.3 is 0 Å². The SMILES string of the molecule is CNC(=O)CCNc1ncccc1OC. The van der Waals surface area contributed by atoms with Crippen molar-refractivity contribution in [2.45, 2.75) is 6.42 Å². The average Bonchev–Trinajstić information content (AvgIpc) is 2.29. The maximum atomic E-state index is 11.0. The fourth-order valence-electron chi connectivity index (χ4n) is 1.11. The van der Waals surface area contributed by atoms with Gasteiger partial charge in [0.2, 0.25) is 5.91 Å². The van der Waals surface area contributed by atoms with Crippen molar-refractivity contribution < 1.29 is 9.53 Å². The Morgan fingerprint density at radius 1 is 1.60 bits per heavy atom. The van der Waals surface area contributed by atoms with E-state index in [0.717, 1.165) is 0 Å². The van der Waals surface area contributed by atoms with Crippen molar-refractivity contribution in [1.29, 1.82) is 0 Å². The molecule has 0 bridgehead atoms. The van der Waals surface area contributed by atoms with E-state index in [-0.39, 0.29) is 5.91 Å². The van der Waals surface area contributed by atoms with Gasteiger partial charge in [-0.25, -0.2) is 4.98 Å². The minimum absolute atomic E-state index is 0.00241. The topological polar surface area (TPSA) is 63.2 Å². The molecular formula is C10H15N3O2. The molecule has 5 heteroatoms. The summed E-state index contributed by atoms with van der Waals surface area (Å²) in [4.78, 5) is 15.1. The summed E-state index contributed by atoms with van der Waals surface area (Å²) in [5, 5.41) is 5.58. The van der Waals surface area contributed by atoms with Gasteiger partial charge in [0.15, 0.2) is 11.6 Å². The Bertz CT molecular complexity index is 328. The van der Waals surface area contributed by atoms with Crippen molar-refractivity contribution in [2.24, 2.45) is 0 Å². The van der Waals surface area contributed by atoms with Crippen molar-refractivity contribution in [2.75, 3.05) is 26.0 Å². The van der Waals surface area contributed by atoms with Crippen molar-refractivity contribution in [3.05, 3.63) is 18.3 Å². The molecule has 0 aliphatic rings. The summed E-state index contributed by atoms with van der Waals surface area (Å²) >= 11 is 0. The minimum atomic E-state index is -0.00241. The van der Waals surface area contributed by atoms with E-state index < -0.39 is 0 Å². The Kier molecular flexibility index (Phi) is 4.40. The maximum Gasteiger partial charge on any atom is 0.221 e. The fraction of sp³-hybridized carbons (Fsp3) is 0.400. The molecule has 0 fully saturated rings. The van der Waals surface area contributed by atoms with Crippen LogP contribution in [0, 0.1) is 0 Å². The quantitative estimate of drug-likeness (QED) is 0.747. The third kappa shape index (κ3) is 3.46. The number of nitrogens with one attached hydrogen (secondary N) is 2. The normalized spacial score (nSPS) is 9.47. The van der Waals surface area contributed by atoms with Gasteiger partial charge in [-0.1, -0.05) is 0 Å². The highest BCUT2D eigenvalue weighted by Gasteiger charge is 2.03. The number of pyridine rings is 1. The summed E-state index contributed by atoms with van der Waals surface area (Å²) in [5.41, 5.74) is 0. The zero-order valence-corrected chi connectivity index (χ0v) is 8.91. The summed E-state index contributed by atoms with van der Waals surface area (Å²) in [6.07, 6.45) is 2.08. The molecule has 0 saturated carbocycles. The van der Waals surface area contributed by atoms with Crippen molar-refractivity contribution >= 4 is 11.7 Å². The molecule has 1 amide bonds. The number of carbonyl (C=O) groups is 1. The van der Waals surface area contributed by atoms with Gasteiger partial charge in [-0.3, -0.25) is 4.79 Å². The highest BCUT2D eigenvalue weighted by molar-refractivity contribution is 5.76. The molecule has 1 heterocycles. The molecule has 82 valence electrons. The van der Waals surface area contributed by atoms with Gasteiger partial charge < -0.3 is 15.4 Å². The van der Waals surface area contributed by atoms with Crippen LogP contribution in [-0.4, -0.2) is 31.6 Å². The van der Waals surface area contributed by atoms with Gasteiger partial charge in [0, 0.05) is 26.2 Å². The molecule has 1 aromatic heterocycles. The monoisotopic (exact) mass is 209 g/mol. The molecule has 15 heavy (non-hydrogen) atoms. The third-order valence-corrected chi connectivity index (χ3v) is 1.91. The van der Waals surface area contributed by atoms with Crippen LogP contribution < -0.4 is 15.4 Å². The predicted molar refractivity (Wildman–Crippen MR) is 58.0 cm³/mol. The van der Waals surface area contributed by atoms with E-state index in [9.17, 15) is 4.79 Å². The number of methoxy groups -OCH3 is 1. The molecule has 5 nitrogen and oxygen atoms in total. The van der Waals surface area contributed by atoms with Gasteiger partial charge in [0.1, 0.15) is 0 Å². The Hall–Kier alpha value is -1.78. The molecule has 0 aliphatic carbocycles. The molecule has 0 unspecified atom stereocenters. The van der Waals surface area contributed by atoms with E-state index in [1.165, 1.54) is 0 Å². The second-order valence-corrected chi connectivity index (χ2v) is 2.90. The van der Waals surface area contributed by atoms with Crippen LogP contribution >= 0.6 is 0 Å². The molecule has 0 atom stereocenters. The number of hydrogen-bond donors (Lipinski definition) is 2. The first kappa shape index (κ1) is 11.3. The maximum absolute atomic E-state index is 11.0. The molecule has 0 radical (unpaired) electrons. The van der Waals surface area contributed by atoms with E-state index in [2.05, 4.69) is 15.6 Å². The smallest absolute Gasteiger partial charge is 0.221 e. The van der Waals surface area contributed by atoms with Crippen molar-refractivity contribution in [1.82, 2.24) is 10.3 Å². The van der Waals surface area contributed by atoms with E-state index in [4.69, 9.17) is 4.74 Å². The Balaban J connectivity index is 2.46. The largest absolute Gasteiger partial charge is 0.493 e. The van der Waals surface area contributed by atoms with E-state index in [1.54, 1.807) is 26.4 Å². The number of amides is 1. The van der Waals surface area contributed by atoms with Crippen LogP contribution in [-0.2, 0) is 4.79 Å². The number of anilines is 1. The van der Waals surface area contributed by atoms with Gasteiger partial charge in [-0.2, -0.15) is 0 Å². The van der Waals surface area contributed by atoms with Crippen LogP contribution in [0.15, 0.2) is 18.3 Å². The fourth-order valence-corrected chi connectivity index (χ4v) is 1.11. The number of nitrogens with zero attached hydrogens (tertiary/aromatic N) is 1. The van der Waals surface area contributed by atoms with Gasteiger partial charge in [0.25, 0.3) is 0 Å². The molecule has 1 rings (SSSR count). The number of carbonyl (C=O) groups excluding carboxylic acids is 1. The van der Waals surface area contributed by atoms with E-state index >= 15 is 0 Å². The average molecular weight is 209 g/mol.